The van der Waals surface area contributed by atoms with Crippen molar-refractivity contribution in [2.45, 2.75) is 38.9 Å². The molecule has 1 aliphatic rings. The topological polar surface area (TPSA) is 51.3 Å². The van der Waals surface area contributed by atoms with Crippen LogP contribution in [-0.2, 0) is 24.4 Å². The molecule has 27 heavy (non-hydrogen) atoms. The second-order valence-electron chi connectivity index (χ2n) is 7.00. The minimum Gasteiger partial charge on any atom is -0.467 e. The third-order valence-corrected chi connectivity index (χ3v) is 5.07. The Morgan fingerprint density at radius 2 is 2.15 bits per heavy atom. The summed E-state index contributed by atoms with van der Waals surface area (Å²) in [5.41, 5.74) is 0.858. The first-order chi connectivity index (χ1) is 13.2. The van der Waals surface area contributed by atoms with Gasteiger partial charge in [0, 0.05) is 24.9 Å². The van der Waals surface area contributed by atoms with E-state index in [1.165, 1.54) is 12.1 Å². The fraction of sp³-hybridized carbons (Fsp3) is 0.333. The van der Waals surface area contributed by atoms with E-state index in [1.54, 1.807) is 18.5 Å². The fourth-order valence-corrected chi connectivity index (χ4v) is 3.35. The number of benzene rings is 1. The van der Waals surface area contributed by atoms with Crippen molar-refractivity contribution >= 4 is 5.91 Å². The summed E-state index contributed by atoms with van der Waals surface area (Å²) in [5.74, 6) is 1.53. The van der Waals surface area contributed by atoms with Gasteiger partial charge in [0.05, 0.1) is 19.4 Å². The maximum absolute atomic E-state index is 13.5. The van der Waals surface area contributed by atoms with Gasteiger partial charge in [-0.1, -0.05) is 18.6 Å². The third-order valence-electron chi connectivity index (χ3n) is 5.07. The van der Waals surface area contributed by atoms with Gasteiger partial charge in [0.15, 0.2) is 0 Å². The highest BCUT2D eigenvalue weighted by Crippen LogP contribution is 2.29. The van der Waals surface area contributed by atoms with E-state index in [0.29, 0.717) is 19.6 Å². The standard InChI is InChI=1S/C21H22FN3O2/c22-18-7-1-4-16(12-18)13-24-10-9-23-20(24)15-25(14-19-8-3-11-27-19)21(26)17-5-2-6-17/h1,3-4,7-12,17H,2,5-6,13-15H2. The molecule has 0 unspecified atom stereocenters. The van der Waals surface area contributed by atoms with Gasteiger partial charge in [0.2, 0.25) is 5.91 Å². The Morgan fingerprint density at radius 1 is 1.26 bits per heavy atom. The van der Waals surface area contributed by atoms with Crippen LogP contribution in [0.2, 0.25) is 0 Å². The van der Waals surface area contributed by atoms with Crippen LogP contribution >= 0.6 is 0 Å². The van der Waals surface area contributed by atoms with Crippen LogP contribution in [0, 0.1) is 11.7 Å². The Kier molecular flexibility index (Phi) is 5.05. The van der Waals surface area contributed by atoms with E-state index < -0.39 is 0 Å². The lowest BCUT2D eigenvalue weighted by Gasteiger charge is -2.31. The van der Waals surface area contributed by atoms with Crippen LogP contribution in [0.3, 0.4) is 0 Å². The summed E-state index contributed by atoms with van der Waals surface area (Å²) >= 11 is 0. The van der Waals surface area contributed by atoms with Crippen molar-refractivity contribution in [1.29, 1.82) is 0 Å². The Morgan fingerprint density at radius 3 is 2.85 bits per heavy atom. The van der Waals surface area contributed by atoms with E-state index in [4.69, 9.17) is 4.42 Å². The first kappa shape index (κ1) is 17.5. The quantitative estimate of drug-likeness (QED) is 0.634. The van der Waals surface area contributed by atoms with Crippen LogP contribution in [0.4, 0.5) is 4.39 Å². The number of nitrogens with zero attached hydrogens (tertiary/aromatic N) is 3. The summed E-state index contributed by atoms with van der Waals surface area (Å²) < 4.78 is 20.9. The molecule has 0 bridgehead atoms. The second kappa shape index (κ2) is 7.78. The van der Waals surface area contributed by atoms with Gasteiger partial charge in [-0.05, 0) is 42.7 Å². The SMILES string of the molecule is O=C(C1CCC1)N(Cc1ccco1)Cc1nccn1Cc1cccc(F)c1. The zero-order chi connectivity index (χ0) is 18.6. The van der Waals surface area contributed by atoms with Crippen molar-refractivity contribution in [2.24, 2.45) is 5.92 Å². The number of amides is 1. The molecule has 1 fully saturated rings. The number of aromatic nitrogens is 2. The summed E-state index contributed by atoms with van der Waals surface area (Å²) in [6.07, 6.45) is 8.20. The summed E-state index contributed by atoms with van der Waals surface area (Å²) in [7, 11) is 0. The number of halogens is 1. The lowest BCUT2D eigenvalue weighted by atomic mass is 9.84. The number of hydrogen-bond donors (Lipinski definition) is 0. The highest BCUT2D eigenvalue weighted by atomic mass is 19.1. The maximum Gasteiger partial charge on any atom is 0.226 e. The molecule has 0 spiro atoms. The molecule has 2 heterocycles. The first-order valence-corrected chi connectivity index (χ1v) is 9.24. The van der Waals surface area contributed by atoms with Gasteiger partial charge in [-0.15, -0.1) is 0 Å². The van der Waals surface area contributed by atoms with E-state index in [2.05, 4.69) is 4.98 Å². The molecule has 2 aromatic heterocycles. The van der Waals surface area contributed by atoms with E-state index in [1.807, 2.05) is 33.9 Å². The van der Waals surface area contributed by atoms with E-state index in [-0.39, 0.29) is 17.6 Å². The molecule has 1 aliphatic carbocycles. The summed E-state index contributed by atoms with van der Waals surface area (Å²) in [5, 5.41) is 0. The Balaban J connectivity index is 1.52. The Bertz CT molecular complexity index is 900. The molecule has 140 valence electrons. The minimum atomic E-state index is -0.256. The first-order valence-electron chi connectivity index (χ1n) is 9.24. The molecule has 0 radical (unpaired) electrons. The molecule has 0 saturated heterocycles. The van der Waals surface area contributed by atoms with E-state index in [9.17, 15) is 9.18 Å². The third kappa shape index (κ3) is 4.10. The van der Waals surface area contributed by atoms with E-state index in [0.717, 1.165) is 36.4 Å². The number of hydrogen-bond acceptors (Lipinski definition) is 3. The molecule has 6 heteroatoms. The maximum atomic E-state index is 13.5. The highest BCUT2D eigenvalue weighted by molar-refractivity contribution is 5.79. The van der Waals surface area contributed by atoms with Gasteiger partial charge >= 0.3 is 0 Å². The summed E-state index contributed by atoms with van der Waals surface area (Å²) in [6.45, 7) is 1.34. The lowest BCUT2D eigenvalue weighted by Crippen LogP contribution is -2.38. The number of furan rings is 1. The van der Waals surface area contributed by atoms with Gasteiger partial charge in [0.1, 0.15) is 17.4 Å². The van der Waals surface area contributed by atoms with Gasteiger partial charge in [-0.25, -0.2) is 9.37 Å². The van der Waals surface area contributed by atoms with Crippen molar-refractivity contribution in [3.63, 3.8) is 0 Å². The zero-order valence-electron chi connectivity index (χ0n) is 15.1. The molecule has 0 N–H and O–H groups in total. The van der Waals surface area contributed by atoms with Crippen molar-refractivity contribution in [1.82, 2.24) is 14.5 Å². The molecule has 1 saturated carbocycles. The largest absolute Gasteiger partial charge is 0.467 e. The van der Waals surface area contributed by atoms with Gasteiger partial charge in [0.25, 0.3) is 0 Å². The minimum absolute atomic E-state index is 0.103. The van der Waals surface area contributed by atoms with Crippen molar-refractivity contribution in [3.05, 3.63) is 78.0 Å². The van der Waals surface area contributed by atoms with Crippen molar-refractivity contribution in [2.75, 3.05) is 0 Å². The van der Waals surface area contributed by atoms with Crippen LogP contribution in [0.5, 0.6) is 0 Å². The molecule has 4 rings (SSSR count). The average Bonchev–Trinajstić information content (AvgIpc) is 3.25. The normalized spacial score (nSPS) is 14.1. The van der Waals surface area contributed by atoms with Gasteiger partial charge in [-0.2, -0.15) is 0 Å². The number of carbonyl (C=O) groups is 1. The molecule has 0 aliphatic heterocycles. The fourth-order valence-electron chi connectivity index (χ4n) is 3.35. The highest BCUT2D eigenvalue weighted by Gasteiger charge is 2.30. The number of rotatable bonds is 7. The summed E-state index contributed by atoms with van der Waals surface area (Å²) in [4.78, 5) is 19.1. The molecule has 1 aromatic carbocycles. The van der Waals surface area contributed by atoms with Crippen LogP contribution in [0.1, 0.15) is 36.4 Å². The lowest BCUT2D eigenvalue weighted by molar-refractivity contribution is -0.139. The van der Waals surface area contributed by atoms with Crippen molar-refractivity contribution < 1.29 is 13.6 Å². The zero-order valence-corrected chi connectivity index (χ0v) is 15.1. The molecule has 1 amide bonds. The molecule has 5 nitrogen and oxygen atoms in total. The van der Waals surface area contributed by atoms with Gasteiger partial charge < -0.3 is 13.9 Å². The van der Waals surface area contributed by atoms with Gasteiger partial charge in [-0.3, -0.25) is 4.79 Å². The molecule has 3 aromatic rings. The molecule has 0 atom stereocenters. The van der Waals surface area contributed by atoms with Crippen LogP contribution in [0.25, 0.3) is 0 Å². The van der Waals surface area contributed by atoms with Crippen LogP contribution < -0.4 is 0 Å². The molecular weight excluding hydrogens is 345 g/mol. The number of imidazole rings is 1. The second-order valence-corrected chi connectivity index (χ2v) is 7.00. The average molecular weight is 367 g/mol. The smallest absolute Gasteiger partial charge is 0.226 e. The predicted molar refractivity (Wildman–Crippen MR) is 98.0 cm³/mol. The summed E-state index contributed by atoms with van der Waals surface area (Å²) in [6, 6.07) is 10.2. The molecular formula is C21H22FN3O2. The van der Waals surface area contributed by atoms with Crippen LogP contribution in [0.15, 0.2) is 59.5 Å². The van der Waals surface area contributed by atoms with E-state index >= 15 is 0 Å². The van der Waals surface area contributed by atoms with Crippen molar-refractivity contribution in [3.8, 4) is 0 Å². The number of carbonyl (C=O) groups excluding carboxylic acids is 1. The Labute approximate surface area is 157 Å². The predicted octanol–water partition coefficient (Wildman–Crippen LogP) is 3.99. The monoisotopic (exact) mass is 367 g/mol. The Hall–Kier alpha value is -2.89. The van der Waals surface area contributed by atoms with Crippen LogP contribution in [-0.4, -0.2) is 20.4 Å².